The Balaban J connectivity index is 1.41. The van der Waals surface area contributed by atoms with Gasteiger partial charge in [0.2, 0.25) is 0 Å². The lowest BCUT2D eigenvalue weighted by molar-refractivity contribution is -0.907. The molecule has 1 saturated heterocycles. The van der Waals surface area contributed by atoms with Crippen LogP contribution in [0, 0.1) is 0 Å². The van der Waals surface area contributed by atoms with Gasteiger partial charge in [0.25, 0.3) is 5.91 Å². The fourth-order valence-electron chi connectivity index (χ4n) is 3.65. The Kier molecular flexibility index (Phi) is 7.05. The molecule has 2 aromatic carbocycles. The van der Waals surface area contributed by atoms with E-state index < -0.39 is 0 Å². The summed E-state index contributed by atoms with van der Waals surface area (Å²) in [5.41, 5.74) is 1.02. The minimum Gasteiger partial charge on any atom is -0.486 e. The van der Waals surface area contributed by atoms with Crippen LogP contribution in [0.15, 0.2) is 48.5 Å². The zero-order chi connectivity index (χ0) is 20.6. The molecule has 0 aliphatic carbocycles. The molecule has 1 N–H and O–H groups in total. The first-order valence-electron chi connectivity index (χ1n) is 10.5. The Hall–Kier alpha value is -2.77. The molecule has 160 valence electrons. The predicted molar refractivity (Wildman–Crippen MR) is 111 cm³/mol. The SMILES string of the molecule is O=C(COc1ccccc1)N(CC[NH+]1CCOCC1)Cc1ccc2c(c1)OCCO2. The van der Waals surface area contributed by atoms with Crippen LogP contribution < -0.4 is 19.1 Å². The number of nitrogens with zero attached hydrogens (tertiary/aromatic N) is 1. The zero-order valence-corrected chi connectivity index (χ0v) is 17.2. The summed E-state index contributed by atoms with van der Waals surface area (Å²) >= 11 is 0. The number of carbonyl (C=O) groups excluding carboxylic acids is 1. The number of quaternary nitrogens is 1. The van der Waals surface area contributed by atoms with E-state index in [1.54, 1.807) is 0 Å². The van der Waals surface area contributed by atoms with Gasteiger partial charge in [0.15, 0.2) is 18.1 Å². The maximum absolute atomic E-state index is 13.0. The van der Waals surface area contributed by atoms with Crippen molar-refractivity contribution in [3.63, 3.8) is 0 Å². The van der Waals surface area contributed by atoms with Gasteiger partial charge < -0.3 is 28.7 Å². The molecule has 0 spiro atoms. The molecule has 2 aliphatic rings. The van der Waals surface area contributed by atoms with Crippen LogP contribution in [0.1, 0.15) is 5.56 Å². The first-order valence-corrected chi connectivity index (χ1v) is 10.5. The Morgan fingerprint density at radius 3 is 2.53 bits per heavy atom. The Bertz CT molecular complexity index is 824. The minimum absolute atomic E-state index is 0.0208. The summed E-state index contributed by atoms with van der Waals surface area (Å²) in [6, 6.07) is 15.3. The topological polar surface area (TPSA) is 61.7 Å². The van der Waals surface area contributed by atoms with Gasteiger partial charge >= 0.3 is 0 Å². The first kappa shape index (κ1) is 20.5. The standard InChI is InChI=1S/C23H28N2O5/c26-23(18-30-20-4-2-1-3-5-20)25(9-8-24-10-12-27-13-11-24)17-19-6-7-21-22(16-19)29-15-14-28-21/h1-7,16H,8-15,17-18H2/p+1. The van der Waals surface area contributed by atoms with E-state index in [-0.39, 0.29) is 12.5 Å². The van der Waals surface area contributed by atoms with Crippen LogP contribution in [-0.2, 0) is 16.1 Å². The van der Waals surface area contributed by atoms with Crippen molar-refractivity contribution in [1.82, 2.24) is 4.90 Å². The van der Waals surface area contributed by atoms with E-state index in [2.05, 4.69) is 0 Å². The van der Waals surface area contributed by atoms with E-state index in [1.807, 2.05) is 53.4 Å². The van der Waals surface area contributed by atoms with Crippen LogP contribution in [-0.4, -0.2) is 70.0 Å². The number of nitrogens with one attached hydrogen (secondary N) is 1. The fraction of sp³-hybridized carbons (Fsp3) is 0.435. The highest BCUT2D eigenvalue weighted by Gasteiger charge is 2.21. The van der Waals surface area contributed by atoms with Gasteiger partial charge in [-0.05, 0) is 29.8 Å². The largest absolute Gasteiger partial charge is 0.486 e. The van der Waals surface area contributed by atoms with Crippen LogP contribution in [0.25, 0.3) is 0 Å². The number of carbonyl (C=O) groups is 1. The average molecular weight is 413 g/mol. The molecule has 1 amide bonds. The molecule has 2 heterocycles. The number of ether oxygens (including phenoxy) is 4. The van der Waals surface area contributed by atoms with Gasteiger partial charge in [0, 0.05) is 6.54 Å². The van der Waals surface area contributed by atoms with E-state index in [9.17, 15) is 4.79 Å². The quantitative estimate of drug-likeness (QED) is 0.693. The lowest BCUT2D eigenvalue weighted by Crippen LogP contribution is -3.14. The normalized spacial score (nSPS) is 16.1. The van der Waals surface area contributed by atoms with Crippen molar-refractivity contribution in [2.75, 3.05) is 59.2 Å². The second-order valence-electron chi connectivity index (χ2n) is 7.51. The molecule has 7 nitrogen and oxygen atoms in total. The summed E-state index contributed by atoms with van der Waals surface area (Å²) in [5.74, 6) is 2.17. The Labute approximate surface area is 177 Å². The number of hydrogen-bond acceptors (Lipinski definition) is 5. The van der Waals surface area contributed by atoms with E-state index in [4.69, 9.17) is 18.9 Å². The molecule has 7 heteroatoms. The number of morpholine rings is 1. The molecule has 4 rings (SSSR count). The summed E-state index contributed by atoms with van der Waals surface area (Å²) in [6.07, 6.45) is 0. The molecule has 0 bridgehead atoms. The van der Waals surface area contributed by atoms with Crippen LogP contribution in [0.3, 0.4) is 0 Å². The van der Waals surface area contributed by atoms with Gasteiger partial charge in [0.05, 0.1) is 26.3 Å². The number of benzene rings is 2. The maximum Gasteiger partial charge on any atom is 0.261 e. The molecule has 0 unspecified atom stereocenters. The molecular formula is C23H29N2O5+. The highest BCUT2D eigenvalue weighted by Crippen LogP contribution is 2.31. The van der Waals surface area contributed by atoms with Crippen molar-refractivity contribution in [1.29, 1.82) is 0 Å². The third-order valence-electron chi connectivity index (χ3n) is 5.37. The molecular weight excluding hydrogens is 384 g/mol. The van der Waals surface area contributed by atoms with E-state index in [0.717, 1.165) is 49.9 Å². The van der Waals surface area contributed by atoms with Gasteiger partial charge in [-0.1, -0.05) is 24.3 Å². The third kappa shape index (κ3) is 5.64. The van der Waals surface area contributed by atoms with Crippen molar-refractivity contribution < 1.29 is 28.6 Å². The highest BCUT2D eigenvalue weighted by atomic mass is 16.6. The Morgan fingerprint density at radius 1 is 0.967 bits per heavy atom. The highest BCUT2D eigenvalue weighted by molar-refractivity contribution is 5.77. The van der Waals surface area contributed by atoms with E-state index >= 15 is 0 Å². The molecule has 30 heavy (non-hydrogen) atoms. The van der Waals surface area contributed by atoms with Crippen LogP contribution >= 0.6 is 0 Å². The van der Waals surface area contributed by atoms with Gasteiger partial charge in [-0.15, -0.1) is 0 Å². The van der Waals surface area contributed by atoms with Crippen molar-refractivity contribution >= 4 is 5.91 Å². The number of para-hydroxylation sites is 1. The van der Waals surface area contributed by atoms with Gasteiger partial charge in [-0.3, -0.25) is 4.79 Å². The summed E-state index contributed by atoms with van der Waals surface area (Å²) in [6.45, 7) is 6.72. The van der Waals surface area contributed by atoms with E-state index in [0.29, 0.717) is 32.1 Å². The third-order valence-corrected chi connectivity index (χ3v) is 5.37. The van der Waals surface area contributed by atoms with Crippen molar-refractivity contribution in [3.05, 3.63) is 54.1 Å². The molecule has 0 atom stereocenters. The van der Waals surface area contributed by atoms with E-state index in [1.165, 1.54) is 4.90 Å². The molecule has 2 aromatic rings. The zero-order valence-electron chi connectivity index (χ0n) is 17.2. The molecule has 0 radical (unpaired) electrons. The first-order chi connectivity index (χ1) is 14.8. The summed E-state index contributed by atoms with van der Waals surface area (Å²) in [4.78, 5) is 16.3. The smallest absolute Gasteiger partial charge is 0.261 e. The Morgan fingerprint density at radius 2 is 1.73 bits per heavy atom. The molecule has 1 fully saturated rings. The lowest BCUT2D eigenvalue weighted by atomic mass is 10.1. The molecule has 2 aliphatic heterocycles. The van der Waals surface area contributed by atoms with Crippen LogP contribution in [0.4, 0.5) is 0 Å². The number of amides is 1. The molecule has 0 aromatic heterocycles. The monoisotopic (exact) mass is 413 g/mol. The summed E-state index contributed by atoms with van der Waals surface area (Å²) < 4.78 is 22.4. The second-order valence-corrected chi connectivity index (χ2v) is 7.51. The average Bonchev–Trinajstić information content (AvgIpc) is 2.81. The van der Waals surface area contributed by atoms with Crippen molar-refractivity contribution in [2.45, 2.75) is 6.54 Å². The van der Waals surface area contributed by atoms with Crippen LogP contribution in [0.2, 0.25) is 0 Å². The van der Waals surface area contributed by atoms with Crippen LogP contribution in [0.5, 0.6) is 17.2 Å². The van der Waals surface area contributed by atoms with Gasteiger partial charge in [0.1, 0.15) is 32.1 Å². The van der Waals surface area contributed by atoms with Crippen molar-refractivity contribution in [2.24, 2.45) is 0 Å². The maximum atomic E-state index is 13.0. The summed E-state index contributed by atoms with van der Waals surface area (Å²) in [7, 11) is 0. The lowest BCUT2D eigenvalue weighted by Gasteiger charge is -2.28. The van der Waals surface area contributed by atoms with Gasteiger partial charge in [-0.25, -0.2) is 0 Å². The molecule has 0 saturated carbocycles. The number of rotatable bonds is 8. The fourth-order valence-corrected chi connectivity index (χ4v) is 3.65. The van der Waals surface area contributed by atoms with Gasteiger partial charge in [-0.2, -0.15) is 0 Å². The number of fused-ring (bicyclic) bond motifs is 1. The second kappa shape index (κ2) is 10.3. The minimum atomic E-state index is -0.0265. The van der Waals surface area contributed by atoms with Crippen molar-refractivity contribution in [3.8, 4) is 17.2 Å². The number of hydrogen-bond donors (Lipinski definition) is 1. The predicted octanol–water partition coefficient (Wildman–Crippen LogP) is 0.781. The summed E-state index contributed by atoms with van der Waals surface area (Å²) in [5, 5.41) is 0.